The lowest BCUT2D eigenvalue weighted by Crippen LogP contribution is -2.25. The number of hydrogen-bond acceptors (Lipinski definition) is 4. The van der Waals surface area contributed by atoms with Gasteiger partial charge in [0.15, 0.2) is 4.21 Å². The van der Waals surface area contributed by atoms with E-state index in [0.717, 1.165) is 11.3 Å². The summed E-state index contributed by atoms with van der Waals surface area (Å²) in [6, 6.07) is 6.23. The first-order valence-electron chi connectivity index (χ1n) is 6.29. The van der Waals surface area contributed by atoms with Crippen molar-refractivity contribution >= 4 is 33.1 Å². The van der Waals surface area contributed by atoms with Crippen LogP contribution >= 0.6 is 11.3 Å². The molecule has 0 radical (unpaired) electrons. The third-order valence-electron chi connectivity index (χ3n) is 2.66. The highest BCUT2D eigenvalue weighted by Crippen LogP contribution is 2.37. The summed E-state index contributed by atoms with van der Waals surface area (Å²) in [6.07, 6.45) is 0. The number of thiophene rings is 1. The number of carbonyl (C=O) groups excluding carboxylic acids is 1. The Morgan fingerprint density at radius 1 is 1.32 bits per heavy atom. The number of primary amides is 1. The second kappa shape index (κ2) is 6.42. The Kier molecular flexibility index (Phi) is 4.79. The number of nitrogens with one attached hydrogen (secondary N) is 2. The Bertz CT molecular complexity index is 785. The molecule has 6 nitrogen and oxygen atoms in total. The van der Waals surface area contributed by atoms with Crippen molar-refractivity contribution in [2.75, 3.05) is 11.9 Å². The smallest absolute Gasteiger partial charge is 0.316 e. The normalized spacial score (nSPS) is 11.4. The summed E-state index contributed by atoms with van der Waals surface area (Å²) in [5.74, 6) is -0.392. The van der Waals surface area contributed by atoms with Gasteiger partial charge in [-0.2, -0.15) is 0 Å². The second-order valence-electron chi connectivity index (χ2n) is 4.31. The molecule has 4 N–H and O–H groups in total. The van der Waals surface area contributed by atoms with Gasteiger partial charge in [0.25, 0.3) is 10.0 Å². The zero-order valence-electron chi connectivity index (χ0n) is 11.6. The van der Waals surface area contributed by atoms with Crippen LogP contribution in [0.2, 0.25) is 0 Å². The van der Waals surface area contributed by atoms with E-state index in [1.54, 1.807) is 6.92 Å². The van der Waals surface area contributed by atoms with Gasteiger partial charge in [-0.05, 0) is 23.8 Å². The van der Waals surface area contributed by atoms with Crippen molar-refractivity contribution in [3.8, 4) is 10.4 Å². The molecule has 0 unspecified atom stereocenters. The van der Waals surface area contributed by atoms with E-state index < -0.39 is 21.9 Å². The molecule has 1 aromatic heterocycles. The zero-order chi connectivity index (χ0) is 16.3. The van der Waals surface area contributed by atoms with Gasteiger partial charge in [0, 0.05) is 11.4 Å². The summed E-state index contributed by atoms with van der Waals surface area (Å²) in [5.41, 5.74) is 5.80. The monoisotopic (exact) mass is 343 g/mol. The lowest BCUT2D eigenvalue weighted by molar-refractivity contribution is 0.259. The first-order valence-corrected chi connectivity index (χ1v) is 8.59. The number of benzene rings is 1. The van der Waals surface area contributed by atoms with Crippen LogP contribution in [-0.2, 0) is 10.0 Å². The van der Waals surface area contributed by atoms with Crippen molar-refractivity contribution in [2.45, 2.75) is 11.1 Å². The third-order valence-corrected chi connectivity index (χ3v) is 5.93. The van der Waals surface area contributed by atoms with E-state index in [0.29, 0.717) is 10.4 Å². The Hall–Kier alpha value is -1.97. The fourth-order valence-corrected chi connectivity index (χ4v) is 4.45. The number of hydrogen-bond donors (Lipinski definition) is 3. The van der Waals surface area contributed by atoms with Crippen LogP contribution in [0, 0.1) is 5.82 Å². The van der Waals surface area contributed by atoms with Gasteiger partial charge < -0.3 is 11.1 Å². The molecule has 0 aliphatic heterocycles. The first-order chi connectivity index (χ1) is 10.3. The number of halogens is 1. The van der Waals surface area contributed by atoms with Gasteiger partial charge >= 0.3 is 6.03 Å². The van der Waals surface area contributed by atoms with Crippen LogP contribution in [-0.4, -0.2) is 21.0 Å². The molecule has 1 aromatic carbocycles. The average molecular weight is 343 g/mol. The number of amides is 2. The number of sulfonamides is 1. The van der Waals surface area contributed by atoms with Gasteiger partial charge in [0.2, 0.25) is 0 Å². The fraction of sp³-hybridized carbons (Fsp3) is 0.154. The predicted octanol–water partition coefficient (Wildman–Crippen LogP) is 2.34. The molecule has 2 rings (SSSR count). The minimum atomic E-state index is -3.76. The van der Waals surface area contributed by atoms with E-state index in [4.69, 9.17) is 5.73 Å². The summed E-state index contributed by atoms with van der Waals surface area (Å²) < 4.78 is 39.6. The number of urea groups is 1. The van der Waals surface area contributed by atoms with Crippen LogP contribution in [0.1, 0.15) is 6.92 Å². The van der Waals surface area contributed by atoms with Crippen molar-refractivity contribution in [1.29, 1.82) is 0 Å². The SMILES string of the molecule is CCNS(=O)(=O)c1sc(-c2ccc(F)cc2)cc1NC(N)=O. The largest absolute Gasteiger partial charge is 0.351 e. The van der Waals surface area contributed by atoms with E-state index in [2.05, 4.69) is 10.0 Å². The maximum Gasteiger partial charge on any atom is 0.316 e. The highest BCUT2D eigenvalue weighted by atomic mass is 32.2. The molecular weight excluding hydrogens is 329 g/mol. The Morgan fingerprint density at radius 2 is 1.95 bits per heavy atom. The van der Waals surface area contributed by atoms with Crippen molar-refractivity contribution in [1.82, 2.24) is 4.72 Å². The fourth-order valence-electron chi connectivity index (χ4n) is 1.81. The van der Waals surface area contributed by atoms with Crippen LogP contribution in [0.4, 0.5) is 14.9 Å². The Morgan fingerprint density at radius 3 is 2.50 bits per heavy atom. The minimum absolute atomic E-state index is 0.0486. The van der Waals surface area contributed by atoms with Gasteiger partial charge in [-0.1, -0.05) is 19.1 Å². The first kappa shape index (κ1) is 16.4. The molecule has 0 spiro atoms. The molecule has 118 valence electrons. The molecule has 0 saturated heterocycles. The van der Waals surface area contributed by atoms with Crippen LogP contribution < -0.4 is 15.8 Å². The molecule has 0 aliphatic rings. The number of rotatable bonds is 5. The summed E-state index contributed by atoms with van der Waals surface area (Å²) in [4.78, 5) is 11.6. The molecule has 0 fully saturated rings. The standard InChI is InChI=1S/C13H14FN3O3S2/c1-2-16-22(19,20)12-10(17-13(15)18)7-11(21-12)8-3-5-9(14)6-4-8/h3-7,16H,2H2,1H3,(H3,15,17,18). The van der Waals surface area contributed by atoms with Gasteiger partial charge in [-0.25, -0.2) is 22.3 Å². The van der Waals surface area contributed by atoms with Crippen LogP contribution in [0.5, 0.6) is 0 Å². The number of nitrogens with two attached hydrogens (primary N) is 1. The Labute approximate surface area is 131 Å². The maximum absolute atomic E-state index is 13.0. The van der Waals surface area contributed by atoms with Gasteiger partial charge in [-0.15, -0.1) is 11.3 Å². The zero-order valence-corrected chi connectivity index (χ0v) is 13.2. The van der Waals surface area contributed by atoms with Crippen LogP contribution in [0.15, 0.2) is 34.5 Å². The molecule has 2 aromatic rings. The van der Waals surface area contributed by atoms with Crippen LogP contribution in [0.25, 0.3) is 10.4 Å². The number of carbonyl (C=O) groups is 1. The van der Waals surface area contributed by atoms with E-state index >= 15 is 0 Å². The average Bonchev–Trinajstić information content (AvgIpc) is 2.83. The minimum Gasteiger partial charge on any atom is -0.351 e. The molecule has 1 heterocycles. The molecule has 0 saturated carbocycles. The lowest BCUT2D eigenvalue weighted by Gasteiger charge is -2.05. The summed E-state index contributed by atoms with van der Waals surface area (Å²) in [5, 5.41) is 2.30. The highest BCUT2D eigenvalue weighted by Gasteiger charge is 2.23. The topological polar surface area (TPSA) is 101 Å². The predicted molar refractivity (Wildman–Crippen MR) is 83.8 cm³/mol. The van der Waals surface area contributed by atoms with Crippen molar-refractivity contribution in [2.24, 2.45) is 5.73 Å². The number of anilines is 1. The molecule has 0 atom stereocenters. The molecule has 2 amide bonds. The molecular formula is C13H14FN3O3S2. The molecule has 0 aliphatic carbocycles. The quantitative estimate of drug-likeness (QED) is 0.776. The van der Waals surface area contributed by atoms with E-state index in [1.807, 2.05) is 0 Å². The van der Waals surface area contributed by atoms with E-state index in [-0.39, 0.29) is 16.4 Å². The van der Waals surface area contributed by atoms with E-state index in [1.165, 1.54) is 30.3 Å². The molecule has 0 bridgehead atoms. The molecule has 9 heteroatoms. The Balaban J connectivity index is 2.52. The highest BCUT2D eigenvalue weighted by molar-refractivity contribution is 7.91. The maximum atomic E-state index is 13.0. The van der Waals surface area contributed by atoms with Gasteiger partial charge in [-0.3, -0.25) is 0 Å². The van der Waals surface area contributed by atoms with Crippen molar-refractivity contribution < 1.29 is 17.6 Å². The van der Waals surface area contributed by atoms with Crippen molar-refractivity contribution in [3.63, 3.8) is 0 Å². The lowest BCUT2D eigenvalue weighted by atomic mass is 10.2. The van der Waals surface area contributed by atoms with Gasteiger partial charge in [0.05, 0.1) is 5.69 Å². The summed E-state index contributed by atoms with van der Waals surface area (Å²) >= 11 is 0.964. The second-order valence-corrected chi connectivity index (χ2v) is 7.32. The van der Waals surface area contributed by atoms with E-state index in [9.17, 15) is 17.6 Å². The molecule has 22 heavy (non-hydrogen) atoms. The third kappa shape index (κ3) is 3.62. The van der Waals surface area contributed by atoms with Crippen LogP contribution in [0.3, 0.4) is 0 Å². The summed E-state index contributed by atoms with van der Waals surface area (Å²) in [6.45, 7) is 1.86. The van der Waals surface area contributed by atoms with Gasteiger partial charge in [0.1, 0.15) is 5.82 Å². The summed E-state index contributed by atoms with van der Waals surface area (Å²) in [7, 11) is -3.76. The van der Waals surface area contributed by atoms with Crippen molar-refractivity contribution in [3.05, 3.63) is 36.1 Å².